The molecule has 5 heteroatoms. The average molecular weight is 272 g/mol. The maximum atomic E-state index is 12.2. The van der Waals surface area contributed by atoms with E-state index >= 15 is 0 Å². The largest absolute Gasteiger partial charge is 0.343 e. The number of nitrogens with zero attached hydrogens (tertiary/aromatic N) is 1. The van der Waals surface area contributed by atoms with Crippen molar-refractivity contribution in [1.82, 2.24) is 10.2 Å². The summed E-state index contributed by atoms with van der Waals surface area (Å²) in [6, 6.07) is -0.626. The van der Waals surface area contributed by atoms with E-state index in [2.05, 4.69) is 11.6 Å². The van der Waals surface area contributed by atoms with Crippen molar-refractivity contribution < 1.29 is 9.59 Å². The van der Waals surface area contributed by atoms with Crippen LogP contribution in [-0.4, -0.2) is 47.4 Å². The molecule has 0 aromatic rings. The molecule has 1 N–H and O–H groups in total. The van der Waals surface area contributed by atoms with Crippen molar-refractivity contribution in [2.45, 2.75) is 51.6 Å². The number of rotatable bonds is 7. The predicted octanol–water partition coefficient (Wildman–Crippen LogP) is 1.65. The smallest absolute Gasteiger partial charge is 0.245 e. The first-order valence-electron chi connectivity index (χ1n) is 6.71. The summed E-state index contributed by atoms with van der Waals surface area (Å²) >= 11 is 1.82. The van der Waals surface area contributed by atoms with Crippen molar-refractivity contribution in [3.05, 3.63) is 0 Å². The Hall–Kier alpha value is -0.710. The van der Waals surface area contributed by atoms with Gasteiger partial charge in [-0.3, -0.25) is 9.59 Å². The van der Waals surface area contributed by atoms with E-state index in [0.29, 0.717) is 6.54 Å². The molecule has 1 heterocycles. The maximum Gasteiger partial charge on any atom is 0.245 e. The molecule has 1 aliphatic heterocycles. The normalized spacial score (nSPS) is 24.3. The molecule has 18 heavy (non-hydrogen) atoms. The number of unbranched alkanes of at least 4 members (excludes halogenated alkanes) is 1. The summed E-state index contributed by atoms with van der Waals surface area (Å²) in [4.78, 5) is 25.8. The first-order valence-corrected chi connectivity index (χ1v) is 8.11. The molecule has 4 nitrogen and oxygen atoms in total. The van der Waals surface area contributed by atoms with Gasteiger partial charge in [-0.05, 0) is 38.2 Å². The van der Waals surface area contributed by atoms with E-state index in [1.807, 2.05) is 25.6 Å². The first kappa shape index (κ1) is 15.3. The Morgan fingerprint density at radius 3 is 2.67 bits per heavy atom. The zero-order valence-corrected chi connectivity index (χ0v) is 12.4. The van der Waals surface area contributed by atoms with Gasteiger partial charge in [-0.1, -0.05) is 13.3 Å². The van der Waals surface area contributed by atoms with E-state index in [1.54, 1.807) is 4.90 Å². The topological polar surface area (TPSA) is 49.4 Å². The highest BCUT2D eigenvalue weighted by molar-refractivity contribution is 7.98. The number of hydrogen-bond donors (Lipinski definition) is 1. The molecule has 1 fully saturated rings. The van der Waals surface area contributed by atoms with E-state index in [1.165, 1.54) is 0 Å². The second-order valence-electron chi connectivity index (χ2n) is 4.76. The minimum atomic E-state index is -0.320. The van der Waals surface area contributed by atoms with Gasteiger partial charge in [0.1, 0.15) is 12.1 Å². The van der Waals surface area contributed by atoms with Crippen LogP contribution in [0.1, 0.15) is 39.5 Å². The molecule has 2 amide bonds. The van der Waals surface area contributed by atoms with Gasteiger partial charge in [0.2, 0.25) is 11.8 Å². The van der Waals surface area contributed by atoms with Gasteiger partial charge in [-0.15, -0.1) is 0 Å². The van der Waals surface area contributed by atoms with E-state index in [-0.39, 0.29) is 23.9 Å². The zero-order chi connectivity index (χ0) is 13.5. The van der Waals surface area contributed by atoms with E-state index in [4.69, 9.17) is 0 Å². The van der Waals surface area contributed by atoms with E-state index < -0.39 is 0 Å². The zero-order valence-electron chi connectivity index (χ0n) is 11.6. The van der Waals surface area contributed by atoms with Crippen LogP contribution in [0.4, 0.5) is 0 Å². The fourth-order valence-electron chi connectivity index (χ4n) is 2.20. The molecule has 0 aromatic heterocycles. The maximum absolute atomic E-state index is 12.2. The summed E-state index contributed by atoms with van der Waals surface area (Å²) in [5.74, 6) is 1.19. The van der Waals surface area contributed by atoms with Crippen molar-refractivity contribution >= 4 is 23.6 Å². The molecule has 0 aromatic carbocycles. The standard InChI is InChI=1S/C13H24N2O2S/c1-4-7-11-13(17)15(8-5-6-9-18-3)10(2)12(16)14-11/h10-11H,4-9H2,1-3H3,(H,14,16). The van der Waals surface area contributed by atoms with E-state index in [9.17, 15) is 9.59 Å². The van der Waals surface area contributed by atoms with Crippen LogP contribution in [0.15, 0.2) is 0 Å². The van der Waals surface area contributed by atoms with Crippen molar-refractivity contribution in [3.63, 3.8) is 0 Å². The lowest BCUT2D eigenvalue weighted by Gasteiger charge is -2.37. The average Bonchev–Trinajstić information content (AvgIpc) is 2.35. The van der Waals surface area contributed by atoms with Crippen LogP contribution in [0.2, 0.25) is 0 Å². The lowest BCUT2D eigenvalue weighted by atomic mass is 10.0. The quantitative estimate of drug-likeness (QED) is 0.717. The Kier molecular flexibility index (Phi) is 6.54. The second-order valence-corrected chi connectivity index (χ2v) is 5.74. The number of thioether (sulfide) groups is 1. The van der Waals surface area contributed by atoms with Gasteiger partial charge in [0.25, 0.3) is 0 Å². The van der Waals surface area contributed by atoms with Crippen LogP contribution < -0.4 is 5.32 Å². The van der Waals surface area contributed by atoms with Crippen molar-refractivity contribution in [2.75, 3.05) is 18.6 Å². The van der Waals surface area contributed by atoms with Crippen LogP contribution in [0.5, 0.6) is 0 Å². The lowest BCUT2D eigenvalue weighted by Crippen LogP contribution is -2.62. The molecule has 0 radical (unpaired) electrons. The third-order valence-corrected chi connectivity index (χ3v) is 4.02. The van der Waals surface area contributed by atoms with Gasteiger partial charge in [-0.2, -0.15) is 11.8 Å². The van der Waals surface area contributed by atoms with Crippen LogP contribution in [-0.2, 0) is 9.59 Å². The Morgan fingerprint density at radius 1 is 1.33 bits per heavy atom. The Morgan fingerprint density at radius 2 is 2.06 bits per heavy atom. The minimum absolute atomic E-state index is 0.0158. The van der Waals surface area contributed by atoms with Gasteiger partial charge < -0.3 is 10.2 Å². The van der Waals surface area contributed by atoms with Crippen molar-refractivity contribution in [1.29, 1.82) is 0 Å². The number of amides is 2. The van der Waals surface area contributed by atoms with Crippen LogP contribution >= 0.6 is 11.8 Å². The molecule has 1 rings (SSSR count). The highest BCUT2D eigenvalue weighted by Gasteiger charge is 2.36. The van der Waals surface area contributed by atoms with Crippen LogP contribution in [0.3, 0.4) is 0 Å². The molecule has 1 aliphatic rings. The number of piperazine rings is 1. The summed E-state index contributed by atoms with van der Waals surface area (Å²) in [5, 5.41) is 2.81. The summed E-state index contributed by atoms with van der Waals surface area (Å²) in [6.07, 6.45) is 5.80. The fourth-order valence-corrected chi connectivity index (χ4v) is 2.70. The third-order valence-electron chi connectivity index (χ3n) is 3.32. The molecular weight excluding hydrogens is 248 g/mol. The third kappa shape index (κ3) is 3.90. The van der Waals surface area contributed by atoms with Crippen molar-refractivity contribution in [2.24, 2.45) is 0 Å². The molecule has 0 spiro atoms. The molecule has 0 aliphatic carbocycles. The van der Waals surface area contributed by atoms with Crippen molar-refractivity contribution in [3.8, 4) is 0 Å². The predicted molar refractivity (Wildman–Crippen MR) is 75.6 cm³/mol. The highest BCUT2D eigenvalue weighted by Crippen LogP contribution is 2.14. The van der Waals surface area contributed by atoms with Gasteiger partial charge in [-0.25, -0.2) is 0 Å². The number of carbonyl (C=O) groups is 2. The summed E-state index contributed by atoms with van der Waals surface area (Å²) < 4.78 is 0. The fraction of sp³-hybridized carbons (Fsp3) is 0.846. The first-order chi connectivity index (χ1) is 8.61. The Balaban J connectivity index is 2.55. The SMILES string of the molecule is CCCC1NC(=O)C(C)N(CCCCSC)C1=O. The second kappa shape index (κ2) is 7.67. The molecule has 0 saturated carbocycles. The van der Waals surface area contributed by atoms with Gasteiger partial charge in [0.15, 0.2) is 0 Å². The van der Waals surface area contributed by atoms with Crippen LogP contribution in [0, 0.1) is 0 Å². The lowest BCUT2D eigenvalue weighted by molar-refractivity contribution is -0.148. The summed E-state index contributed by atoms with van der Waals surface area (Å²) in [6.45, 7) is 4.54. The summed E-state index contributed by atoms with van der Waals surface area (Å²) in [7, 11) is 0. The molecule has 2 atom stereocenters. The number of hydrogen-bond acceptors (Lipinski definition) is 3. The number of nitrogens with one attached hydrogen (secondary N) is 1. The highest BCUT2D eigenvalue weighted by atomic mass is 32.2. The molecule has 104 valence electrons. The molecule has 1 saturated heterocycles. The molecule has 2 unspecified atom stereocenters. The molecular formula is C13H24N2O2S. The van der Waals surface area contributed by atoms with Crippen LogP contribution in [0.25, 0.3) is 0 Å². The van der Waals surface area contributed by atoms with Gasteiger partial charge in [0.05, 0.1) is 0 Å². The Labute approximate surface area is 114 Å². The van der Waals surface area contributed by atoms with Gasteiger partial charge >= 0.3 is 0 Å². The minimum Gasteiger partial charge on any atom is -0.343 e. The summed E-state index contributed by atoms with van der Waals surface area (Å²) in [5.41, 5.74) is 0. The molecule has 0 bridgehead atoms. The monoisotopic (exact) mass is 272 g/mol. The number of carbonyl (C=O) groups excluding carboxylic acids is 2. The Bertz CT molecular complexity index is 297. The van der Waals surface area contributed by atoms with E-state index in [0.717, 1.165) is 31.4 Å². The van der Waals surface area contributed by atoms with Gasteiger partial charge in [0, 0.05) is 6.54 Å².